The van der Waals surface area contributed by atoms with Crippen LogP contribution in [0.5, 0.6) is 0 Å². The SMILES string of the molecule is O=C(c1ccccc1)C(F)(F)c1ccc2ccncc2c1. The molecule has 4 heteroatoms. The van der Waals surface area contributed by atoms with Gasteiger partial charge in [0, 0.05) is 28.9 Å². The van der Waals surface area contributed by atoms with Crippen LogP contribution in [0.3, 0.4) is 0 Å². The number of Topliss-reactive ketones (excluding diaryl/α,β-unsaturated/α-hetero) is 1. The van der Waals surface area contributed by atoms with E-state index in [1.165, 1.54) is 30.5 Å². The Balaban J connectivity index is 2.05. The average Bonchev–Trinajstić information content (AvgIpc) is 2.54. The van der Waals surface area contributed by atoms with E-state index < -0.39 is 11.7 Å². The summed E-state index contributed by atoms with van der Waals surface area (Å²) in [7, 11) is 0. The maximum absolute atomic E-state index is 14.4. The van der Waals surface area contributed by atoms with Crippen molar-refractivity contribution >= 4 is 16.6 Å². The van der Waals surface area contributed by atoms with Gasteiger partial charge >= 0.3 is 5.92 Å². The molecule has 0 N–H and O–H groups in total. The average molecular weight is 283 g/mol. The lowest BCUT2D eigenvalue weighted by Gasteiger charge is -2.16. The molecule has 2 aromatic carbocycles. The predicted molar refractivity (Wildman–Crippen MR) is 76.4 cm³/mol. The first kappa shape index (κ1) is 13.4. The second-order valence-electron chi connectivity index (χ2n) is 4.71. The van der Waals surface area contributed by atoms with Crippen molar-refractivity contribution in [1.82, 2.24) is 4.98 Å². The third-order valence-corrected chi connectivity index (χ3v) is 3.32. The van der Waals surface area contributed by atoms with E-state index >= 15 is 0 Å². The number of carbonyl (C=O) groups is 1. The first-order chi connectivity index (χ1) is 10.1. The highest BCUT2D eigenvalue weighted by molar-refractivity contribution is 6.02. The van der Waals surface area contributed by atoms with Crippen molar-refractivity contribution in [2.75, 3.05) is 0 Å². The molecule has 1 heterocycles. The number of aromatic nitrogens is 1. The normalized spacial score (nSPS) is 11.5. The van der Waals surface area contributed by atoms with E-state index in [0.717, 1.165) is 5.39 Å². The van der Waals surface area contributed by atoms with Gasteiger partial charge in [-0.3, -0.25) is 9.78 Å². The van der Waals surface area contributed by atoms with E-state index in [9.17, 15) is 13.6 Å². The van der Waals surface area contributed by atoms with Gasteiger partial charge in [-0.1, -0.05) is 42.5 Å². The van der Waals surface area contributed by atoms with Crippen LogP contribution >= 0.6 is 0 Å². The lowest BCUT2D eigenvalue weighted by Crippen LogP contribution is -2.26. The molecule has 3 aromatic rings. The van der Waals surface area contributed by atoms with Crippen LogP contribution in [0, 0.1) is 0 Å². The minimum atomic E-state index is -3.56. The van der Waals surface area contributed by atoms with E-state index in [4.69, 9.17) is 0 Å². The van der Waals surface area contributed by atoms with Crippen LogP contribution in [-0.4, -0.2) is 10.8 Å². The third-order valence-electron chi connectivity index (χ3n) is 3.32. The van der Waals surface area contributed by atoms with Gasteiger partial charge in [0.1, 0.15) is 0 Å². The Morgan fingerprint density at radius 2 is 1.71 bits per heavy atom. The molecule has 0 amide bonds. The van der Waals surface area contributed by atoms with Gasteiger partial charge in [0.2, 0.25) is 5.78 Å². The van der Waals surface area contributed by atoms with Gasteiger partial charge in [0.05, 0.1) is 0 Å². The zero-order chi connectivity index (χ0) is 14.9. The zero-order valence-electron chi connectivity index (χ0n) is 11.0. The molecule has 0 radical (unpaired) electrons. The van der Waals surface area contributed by atoms with Gasteiger partial charge in [-0.2, -0.15) is 8.78 Å². The molecule has 0 saturated heterocycles. The van der Waals surface area contributed by atoms with E-state index in [-0.39, 0.29) is 11.1 Å². The number of hydrogen-bond donors (Lipinski definition) is 0. The minimum absolute atomic E-state index is 0.00576. The quantitative estimate of drug-likeness (QED) is 0.674. The molecule has 0 saturated carbocycles. The molecule has 0 aliphatic rings. The molecular weight excluding hydrogens is 272 g/mol. The molecule has 0 aliphatic carbocycles. The second kappa shape index (κ2) is 5.05. The van der Waals surface area contributed by atoms with E-state index in [1.807, 2.05) is 0 Å². The molecule has 21 heavy (non-hydrogen) atoms. The highest BCUT2D eigenvalue weighted by Crippen LogP contribution is 2.33. The van der Waals surface area contributed by atoms with Crippen LogP contribution in [0.2, 0.25) is 0 Å². The van der Waals surface area contributed by atoms with Gasteiger partial charge < -0.3 is 0 Å². The minimum Gasteiger partial charge on any atom is -0.287 e. The fraction of sp³-hybridized carbons (Fsp3) is 0.0588. The predicted octanol–water partition coefficient (Wildman–Crippen LogP) is 4.21. The monoisotopic (exact) mass is 283 g/mol. The highest BCUT2D eigenvalue weighted by Gasteiger charge is 2.41. The molecule has 0 aliphatic heterocycles. The number of benzene rings is 2. The molecular formula is C17H11F2NO. The second-order valence-corrected chi connectivity index (χ2v) is 4.71. The van der Waals surface area contributed by atoms with Crippen LogP contribution in [-0.2, 0) is 5.92 Å². The molecule has 0 unspecified atom stereocenters. The molecule has 3 rings (SSSR count). The van der Waals surface area contributed by atoms with Crippen LogP contribution < -0.4 is 0 Å². The summed E-state index contributed by atoms with van der Waals surface area (Å²) in [5, 5.41) is 1.38. The van der Waals surface area contributed by atoms with E-state index in [0.29, 0.717) is 5.39 Å². The van der Waals surface area contributed by atoms with Crippen LogP contribution in [0.1, 0.15) is 15.9 Å². The summed E-state index contributed by atoms with van der Waals surface area (Å²) in [6.07, 6.45) is 3.09. The van der Waals surface area contributed by atoms with E-state index in [2.05, 4.69) is 4.98 Å². The Hall–Kier alpha value is -2.62. The van der Waals surface area contributed by atoms with Crippen molar-refractivity contribution in [3.8, 4) is 0 Å². The number of rotatable bonds is 3. The van der Waals surface area contributed by atoms with Gasteiger partial charge in [0.25, 0.3) is 0 Å². The van der Waals surface area contributed by atoms with Crippen molar-refractivity contribution in [3.63, 3.8) is 0 Å². The summed E-state index contributed by atoms with van der Waals surface area (Å²) in [6, 6.07) is 13.5. The van der Waals surface area contributed by atoms with Crippen LogP contribution in [0.25, 0.3) is 10.8 Å². The Morgan fingerprint density at radius 3 is 2.48 bits per heavy atom. The van der Waals surface area contributed by atoms with Gasteiger partial charge in [-0.15, -0.1) is 0 Å². The molecule has 104 valence electrons. The summed E-state index contributed by atoms with van der Waals surface area (Å²) < 4.78 is 28.8. The maximum atomic E-state index is 14.4. The van der Waals surface area contributed by atoms with Crippen molar-refractivity contribution in [1.29, 1.82) is 0 Å². The van der Waals surface area contributed by atoms with Crippen molar-refractivity contribution in [2.24, 2.45) is 0 Å². The summed E-state index contributed by atoms with van der Waals surface area (Å²) >= 11 is 0. The number of fused-ring (bicyclic) bond motifs is 1. The molecule has 0 bridgehead atoms. The fourth-order valence-electron chi connectivity index (χ4n) is 2.18. The first-order valence-electron chi connectivity index (χ1n) is 6.41. The first-order valence-corrected chi connectivity index (χ1v) is 6.41. The number of ketones is 1. The van der Waals surface area contributed by atoms with E-state index in [1.54, 1.807) is 36.5 Å². The van der Waals surface area contributed by atoms with Gasteiger partial charge in [-0.25, -0.2) is 0 Å². The molecule has 0 spiro atoms. The molecule has 0 fully saturated rings. The zero-order valence-corrected chi connectivity index (χ0v) is 11.0. The molecule has 0 atom stereocenters. The summed E-state index contributed by atoms with van der Waals surface area (Å²) in [6.45, 7) is 0. The maximum Gasteiger partial charge on any atom is 0.334 e. The topological polar surface area (TPSA) is 30.0 Å². The van der Waals surface area contributed by atoms with Crippen LogP contribution in [0.4, 0.5) is 8.78 Å². The van der Waals surface area contributed by atoms with Gasteiger partial charge in [-0.05, 0) is 17.5 Å². The summed E-state index contributed by atoms with van der Waals surface area (Å²) in [5.41, 5.74) is -0.328. The van der Waals surface area contributed by atoms with Crippen LogP contribution in [0.15, 0.2) is 67.0 Å². The Bertz CT molecular complexity index is 800. The third kappa shape index (κ3) is 2.40. The van der Waals surface area contributed by atoms with Crippen molar-refractivity contribution < 1.29 is 13.6 Å². The molecule has 1 aromatic heterocycles. The number of carbonyl (C=O) groups excluding carboxylic acids is 1. The fourth-order valence-corrected chi connectivity index (χ4v) is 2.18. The number of nitrogens with zero attached hydrogens (tertiary/aromatic N) is 1. The Morgan fingerprint density at radius 1 is 0.952 bits per heavy atom. The standard InChI is InChI=1S/C17H11F2NO/c18-17(19,16(21)13-4-2-1-3-5-13)15-7-6-12-8-9-20-11-14(12)10-15/h1-11H. The Labute approximate surface area is 120 Å². The summed E-state index contributed by atoms with van der Waals surface area (Å²) in [5.74, 6) is -4.77. The largest absolute Gasteiger partial charge is 0.334 e. The number of pyridine rings is 1. The lowest BCUT2D eigenvalue weighted by molar-refractivity contribution is 0.00751. The Kier molecular flexibility index (Phi) is 3.22. The highest BCUT2D eigenvalue weighted by atomic mass is 19.3. The number of alkyl halides is 2. The molecule has 2 nitrogen and oxygen atoms in total. The smallest absolute Gasteiger partial charge is 0.287 e. The summed E-state index contributed by atoms with van der Waals surface area (Å²) in [4.78, 5) is 15.9. The van der Waals surface area contributed by atoms with Crippen molar-refractivity contribution in [3.05, 3.63) is 78.1 Å². The number of hydrogen-bond acceptors (Lipinski definition) is 2. The van der Waals surface area contributed by atoms with Gasteiger partial charge in [0.15, 0.2) is 0 Å². The van der Waals surface area contributed by atoms with Crippen molar-refractivity contribution in [2.45, 2.75) is 5.92 Å². The number of halogens is 2. The lowest BCUT2D eigenvalue weighted by atomic mass is 9.97.